The van der Waals surface area contributed by atoms with Crippen LogP contribution in [0.15, 0.2) is 18.2 Å². The number of carbonyl (C=O) groups is 2. The first kappa shape index (κ1) is 17.0. The summed E-state index contributed by atoms with van der Waals surface area (Å²) in [6.45, 7) is 3.33. The van der Waals surface area contributed by atoms with Gasteiger partial charge >= 0.3 is 0 Å². The number of aromatic nitrogens is 1. The van der Waals surface area contributed by atoms with Gasteiger partial charge in [0.2, 0.25) is 11.8 Å². The largest absolute Gasteiger partial charge is 0.494 e. The number of carbonyl (C=O) groups excluding carboxylic acids is 2. The van der Waals surface area contributed by atoms with Gasteiger partial charge in [-0.1, -0.05) is 11.3 Å². The number of ether oxygens (including phenoxy) is 1. The van der Waals surface area contributed by atoms with Gasteiger partial charge in [-0.2, -0.15) is 0 Å². The molecule has 0 atom stereocenters. The molecule has 0 aliphatic rings. The van der Waals surface area contributed by atoms with E-state index in [4.69, 9.17) is 16.2 Å². The Labute approximate surface area is 138 Å². The van der Waals surface area contributed by atoms with Crippen LogP contribution in [-0.4, -0.2) is 36.5 Å². The third kappa shape index (κ3) is 4.82. The first-order chi connectivity index (χ1) is 11.0. The molecule has 2 rings (SSSR count). The Morgan fingerprint density at radius 2 is 1.87 bits per heavy atom. The molecule has 0 aliphatic carbocycles. The summed E-state index contributed by atoms with van der Waals surface area (Å²) in [5.74, 6) is -0.00124. The molecule has 0 aliphatic heterocycles. The number of rotatable bonds is 9. The smallest absolute Gasteiger partial charge is 0.219 e. The molecule has 2 amide bonds. The fourth-order valence-corrected chi connectivity index (χ4v) is 3.12. The molecule has 0 bridgehead atoms. The van der Waals surface area contributed by atoms with Crippen molar-refractivity contribution in [2.45, 2.75) is 19.8 Å². The van der Waals surface area contributed by atoms with Crippen molar-refractivity contribution >= 4 is 38.5 Å². The average molecular weight is 336 g/mol. The molecule has 0 saturated carbocycles. The van der Waals surface area contributed by atoms with Crippen LogP contribution >= 0.6 is 11.3 Å². The van der Waals surface area contributed by atoms with E-state index in [0.717, 1.165) is 21.1 Å². The highest BCUT2D eigenvalue weighted by molar-refractivity contribution is 7.22. The number of anilines is 1. The number of thiazole rings is 1. The normalized spacial score (nSPS) is 10.7. The number of amides is 2. The van der Waals surface area contributed by atoms with Gasteiger partial charge in [0.15, 0.2) is 5.13 Å². The van der Waals surface area contributed by atoms with Gasteiger partial charge in [0, 0.05) is 25.9 Å². The van der Waals surface area contributed by atoms with Crippen molar-refractivity contribution in [2.24, 2.45) is 11.5 Å². The van der Waals surface area contributed by atoms with E-state index in [2.05, 4.69) is 4.98 Å². The van der Waals surface area contributed by atoms with Gasteiger partial charge in [-0.3, -0.25) is 9.59 Å². The predicted molar refractivity (Wildman–Crippen MR) is 90.6 cm³/mol. The second kappa shape index (κ2) is 7.77. The summed E-state index contributed by atoms with van der Waals surface area (Å²) in [6, 6.07) is 5.69. The summed E-state index contributed by atoms with van der Waals surface area (Å²) in [5, 5.41) is 0.733. The van der Waals surface area contributed by atoms with Crippen LogP contribution in [0.3, 0.4) is 0 Å². The highest BCUT2D eigenvalue weighted by Gasteiger charge is 2.14. The van der Waals surface area contributed by atoms with E-state index < -0.39 is 11.8 Å². The molecule has 0 saturated heterocycles. The minimum atomic E-state index is -0.395. The summed E-state index contributed by atoms with van der Waals surface area (Å²) >= 11 is 1.48. The lowest BCUT2D eigenvalue weighted by Crippen LogP contribution is -2.31. The van der Waals surface area contributed by atoms with E-state index in [0.29, 0.717) is 19.7 Å². The van der Waals surface area contributed by atoms with Crippen molar-refractivity contribution in [2.75, 3.05) is 24.6 Å². The Morgan fingerprint density at radius 1 is 1.22 bits per heavy atom. The number of nitrogens with zero attached hydrogens (tertiary/aromatic N) is 2. The lowest BCUT2D eigenvalue weighted by atomic mass is 10.3. The Kier molecular flexibility index (Phi) is 5.75. The first-order valence-electron chi connectivity index (χ1n) is 7.34. The zero-order valence-electron chi connectivity index (χ0n) is 12.9. The second-order valence-corrected chi connectivity index (χ2v) is 5.99. The minimum Gasteiger partial charge on any atom is -0.494 e. The fraction of sp³-hybridized carbons (Fsp3) is 0.400. The first-order valence-corrected chi connectivity index (χ1v) is 8.16. The molecule has 1 aromatic heterocycles. The van der Waals surface area contributed by atoms with Crippen molar-refractivity contribution < 1.29 is 14.3 Å². The average Bonchev–Trinajstić information content (AvgIpc) is 2.90. The van der Waals surface area contributed by atoms with Gasteiger partial charge in [0.05, 0.1) is 16.8 Å². The van der Waals surface area contributed by atoms with Crippen LogP contribution in [-0.2, 0) is 9.59 Å². The third-order valence-corrected chi connectivity index (χ3v) is 4.27. The van der Waals surface area contributed by atoms with Crippen molar-refractivity contribution in [1.29, 1.82) is 0 Å². The molecule has 0 spiro atoms. The molecule has 4 N–H and O–H groups in total. The van der Waals surface area contributed by atoms with Gasteiger partial charge < -0.3 is 21.1 Å². The molecule has 0 fully saturated rings. The van der Waals surface area contributed by atoms with Crippen LogP contribution in [0.25, 0.3) is 10.2 Å². The van der Waals surface area contributed by atoms with Gasteiger partial charge in [-0.05, 0) is 25.1 Å². The summed E-state index contributed by atoms with van der Waals surface area (Å²) in [7, 11) is 0. The SMILES string of the molecule is CCOc1ccc2nc(N(CCC(N)=O)CCC(N)=O)sc2c1. The predicted octanol–water partition coefficient (Wildman–Crippen LogP) is 1.25. The molecule has 8 heteroatoms. The van der Waals surface area contributed by atoms with E-state index >= 15 is 0 Å². The molecule has 23 heavy (non-hydrogen) atoms. The summed E-state index contributed by atoms with van der Waals surface area (Å²) in [5.41, 5.74) is 11.3. The van der Waals surface area contributed by atoms with Gasteiger partial charge in [0.25, 0.3) is 0 Å². The summed E-state index contributed by atoms with van der Waals surface area (Å²) in [6.07, 6.45) is 0.387. The summed E-state index contributed by atoms with van der Waals surface area (Å²) < 4.78 is 6.47. The van der Waals surface area contributed by atoms with Crippen LogP contribution in [0.5, 0.6) is 5.75 Å². The van der Waals surface area contributed by atoms with Gasteiger partial charge in [-0.15, -0.1) is 0 Å². The number of nitrogens with two attached hydrogens (primary N) is 2. The molecule has 1 heterocycles. The minimum absolute atomic E-state index is 0.193. The Bertz CT molecular complexity index is 683. The topological polar surface area (TPSA) is 112 Å². The van der Waals surface area contributed by atoms with Crippen molar-refractivity contribution in [3.05, 3.63) is 18.2 Å². The number of benzene rings is 1. The molecule has 1 aromatic carbocycles. The quantitative estimate of drug-likeness (QED) is 0.716. The third-order valence-electron chi connectivity index (χ3n) is 3.19. The van der Waals surface area contributed by atoms with Crippen LogP contribution in [0.4, 0.5) is 5.13 Å². The molecule has 0 unspecified atom stereocenters. The maximum absolute atomic E-state index is 11.0. The highest BCUT2D eigenvalue weighted by atomic mass is 32.1. The lowest BCUT2D eigenvalue weighted by molar-refractivity contribution is -0.118. The van der Waals surface area contributed by atoms with E-state index in [1.165, 1.54) is 11.3 Å². The van der Waals surface area contributed by atoms with Crippen molar-refractivity contribution in [3.8, 4) is 5.75 Å². The Hall–Kier alpha value is -2.35. The van der Waals surface area contributed by atoms with Crippen LogP contribution < -0.4 is 21.1 Å². The van der Waals surface area contributed by atoms with E-state index in [1.807, 2.05) is 30.0 Å². The molecule has 2 aromatic rings. The summed E-state index contributed by atoms with van der Waals surface area (Å²) in [4.78, 5) is 28.5. The number of hydrogen-bond acceptors (Lipinski definition) is 6. The molecule has 124 valence electrons. The van der Waals surface area contributed by atoms with E-state index in [1.54, 1.807) is 0 Å². The highest BCUT2D eigenvalue weighted by Crippen LogP contribution is 2.31. The Morgan fingerprint density at radius 3 is 2.43 bits per heavy atom. The van der Waals surface area contributed by atoms with Crippen LogP contribution in [0.2, 0.25) is 0 Å². The second-order valence-electron chi connectivity index (χ2n) is 4.98. The zero-order chi connectivity index (χ0) is 16.8. The molecular weight excluding hydrogens is 316 g/mol. The number of fused-ring (bicyclic) bond motifs is 1. The number of hydrogen-bond donors (Lipinski definition) is 2. The fourth-order valence-electron chi connectivity index (χ4n) is 2.08. The van der Waals surface area contributed by atoms with Gasteiger partial charge in [0.1, 0.15) is 5.75 Å². The maximum Gasteiger partial charge on any atom is 0.219 e. The Balaban J connectivity index is 2.23. The standard InChI is InChI=1S/C15H20N4O3S/c1-2-22-10-3-4-11-12(9-10)23-15(18-11)19(7-5-13(16)20)8-6-14(17)21/h3-4,9H,2,5-8H2,1H3,(H2,16,20)(H2,17,21). The van der Waals surface area contributed by atoms with Crippen LogP contribution in [0.1, 0.15) is 19.8 Å². The van der Waals surface area contributed by atoms with Crippen molar-refractivity contribution in [3.63, 3.8) is 0 Å². The number of primary amides is 2. The van der Waals surface area contributed by atoms with E-state index in [9.17, 15) is 9.59 Å². The zero-order valence-corrected chi connectivity index (χ0v) is 13.8. The van der Waals surface area contributed by atoms with Crippen LogP contribution in [0, 0.1) is 0 Å². The monoisotopic (exact) mass is 336 g/mol. The van der Waals surface area contributed by atoms with E-state index in [-0.39, 0.29) is 12.8 Å². The van der Waals surface area contributed by atoms with Crippen molar-refractivity contribution in [1.82, 2.24) is 4.98 Å². The lowest BCUT2D eigenvalue weighted by Gasteiger charge is -2.20. The maximum atomic E-state index is 11.0. The molecule has 0 radical (unpaired) electrons. The molecule has 7 nitrogen and oxygen atoms in total. The molecular formula is C15H20N4O3S. The van der Waals surface area contributed by atoms with Gasteiger partial charge in [-0.25, -0.2) is 4.98 Å².